The van der Waals surface area contributed by atoms with Gasteiger partial charge in [0.05, 0.1) is 17.6 Å². The van der Waals surface area contributed by atoms with Crippen LogP contribution in [0.3, 0.4) is 0 Å². The highest BCUT2D eigenvalue weighted by Crippen LogP contribution is 2.36. The van der Waals surface area contributed by atoms with Crippen molar-refractivity contribution in [2.24, 2.45) is 10.3 Å². The molecule has 0 spiro atoms. The van der Waals surface area contributed by atoms with Crippen molar-refractivity contribution in [3.8, 4) is 0 Å². The number of halogens is 1. The maximum absolute atomic E-state index is 11.6. The standard InChI is InChI=1S/C21H23ClN4OS/c22-17-13-18-15(12-20(27)23-18)11-14(17)5-6-25-7-9-26(10-8-25)21-16-3-1-2-4-19(16)28-24-21/h1-4,11,13,16,19H,5-10,12H2,(H,23,27). The van der Waals surface area contributed by atoms with Crippen LogP contribution in [0.15, 0.2) is 40.8 Å². The molecule has 0 bridgehead atoms. The molecule has 0 saturated carbocycles. The Hall–Kier alpha value is -1.76. The third kappa shape index (κ3) is 3.49. The van der Waals surface area contributed by atoms with Crippen LogP contribution in [0.1, 0.15) is 11.1 Å². The number of rotatable bonds is 3. The van der Waals surface area contributed by atoms with E-state index in [1.807, 2.05) is 6.07 Å². The fourth-order valence-corrected chi connectivity index (χ4v) is 5.56. The summed E-state index contributed by atoms with van der Waals surface area (Å²) >= 11 is 8.14. The van der Waals surface area contributed by atoms with Crippen molar-refractivity contribution in [2.75, 3.05) is 38.0 Å². The Labute approximate surface area is 174 Å². The van der Waals surface area contributed by atoms with Gasteiger partial charge in [-0.3, -0.25) is 9.69 Å². The average Bonchev–Trinajstić information content (AvgIpc) is 3.29. The number of nitrogens with one attached hydrogen (secondary N) is 1. The second-order valence-electron chi connectivity index (χ2n) is 7.72. The summed E-state index contributed by atoms with van der Waals surface area (Å²) < 4.78 is 4.76. The molecule has 7 heteroatoms. The van der Waals surface area contributed by atoms with Crippen LogP contribution in [0.2, 0.25) is 5.02 Å². The van der Waals surface area contributed by atoms with Gasteiger partial charge in [-0.1, -0.05) is 42.0 Å². The third-order valence-electron chi connectivity index (χ3n) is 5.94. The highest BCUT2D eigenvalue weighted by Gasteiger charge is 2.34. The van der Waals surface area contributed by atoms with E-state index >= 15 is 0 Å². The van der Waals surface area contributed by atoms with E-state index in [0.717, 1.165) is 61.0 Å². The van der Waals surface area contributed by atoms with E-state index in [9.17, 15) is 4.79 Å². The number of fused-ring (bicyclic) bond motifs is 2. The van der Waals surface area contributed by atoms with E-state index in [1.165, 1.54) is 5.84 Å². The van der Waals surface area contributed by atoms with Crippen LogP contribution >= 0.6 is 23.5 Å². The van der Waals surface area contributed by atoms with Crippen molar-refractivity contribution in [3.63, 3.8) is 0 Å². The number of benzene rings is 1. The molecule has 28 heavy (non-hydrogen) atoms. The first-order valence-corrected chi connectivity index (χ1v) is 11.1. The van der Waals surface area contributed by atoms with Gasteiger partial charge in [-0.2, -0.15) is 0 Å². The first-order chi connectivity index (χ1) is 13.7. The number of hydrogen-bond acceptors (Lipinski definition) is 5. The lowest BCUT2D eigenvalue weighted by Crippen LogP contribution is -2.50. The van der Waals surface area contributed by atoms with E-state index < -0.39 is 0 Å². The molecule has 3 aliphatic heterocycles. The Bertz CT molecular complexity index is 889. The minimum atomic E-state index is 0.0536. The van der Waals surface area contributed by atoms with Crippen LogP contribution in [0, 0.1) is 5.92 Å². The lowest BCUT2D eigenvalue weighted by Gasteiger charge is -2.37. The molecule has 5 rings (SSSR count). The molecule has 146 valence electrons. The van der Waals surface area contributed by atoms with Crippen molar-refractivity contribution >= 4 is 41.0 Å². The number of piperazine rings is 1. The molecular formula is C21H23ClN4OS. The molecule has 1 amide bonds. The number of amides is 1. The summed E-state index contributed by atoms with van der Waals surface area (Å²) in [5.41, 5.74) is 3.07. The molecule has 0 radical (unpaired) electrons. The van der Waals surface area contributed by atoms with Gasteiger partial charge >= 0.3 is 0 Å². The summed E-state index contributed by atoms with van der Waals surface area (Å²) in [6, 6.07) is 3.99. The molecule has 1 N–H and O–H groups in total. The SMILES string of the molecule is O=C1Cc2cc(CCN3CCN(C4=NSC5C=CC=CC45)CC3)c(Cl)cc2N1. The van der Waals surface area contributed by atoms with Crippen molar-refractivity contribution in [1.29, 1.82) is 0 Å². The molecule has 2 unspecified atom stereocenters. The molecule has 1 aromatic carbocycles. The summed E-state index contributed by atoms with van der Waals surface area (Å²) in [6.45, 7) is 5.13. The van der Waals surface area contributed by atoms with Crippen LogP contribution in [-0.4, -0.2) is 59.5 Å². The van der Waals surface area contributed by atoms with Crippen LogP contribution in [-0.2, 0) is 17.6 Å². The zero-order valence-electron chi connectivity index (χ0n) is 15.6. The van der Waals surface area contributed by atoms with Crippen molar-refractivity contribution in [2.45, 2.75) is 18.1 Å². The molecule has 1 saturated heterocycles. The molecular weight excluding hydrogens is 392 g/mol. The van der Waals surface area contributed by atoms with Gasteiger partial charge in [0, 0.05) is 43.4 Å². The Morgan fingerprint density at radius 2 is 2.00 bits per heavy atom. The van der Waals surface area contributed by atoms with Crippen LogP contribution < -0.4 is 5.32 Å². The molecule has 1 fully saturated rings. The monoisotopic (exact) mass is 414 g/mol. The second kappa shape index (κ2) is 7.58. The Kier molecular flexibility index (Phi) is 4.95. The van der Waals surface area contributed by atoms with E-state index in [-0.39, 0.29) is 5.91 Å². The predicted molar refractivity (Wildman–Crippen MR) is 116 cm³/mol. The van der Waals surface area contributed by atoms with E-state index in [2.05, 4.69) is 45.5 Å². The van der Waals surface area contributed by atoms with Gasteiger partial charge in [-0.15, -0.1) is 0 Å². The molecule has 1 aliphatic carbocycles. The Morgan fingerprint density at radius 3 is 2.86 bits per heavy atom. The maximum atomic E-state index is 11.6. The zero-order chi connectivity index (χ0) is 19.1. The molecule has 5 nitrogen and oxygen atoms in total. The number of nitrogens with zero attached hydrogens (tertiary/aromatic N) is 3. The normalized spacial score (nSPS) is 26.2. The van der Waals surface area contributed by atoms with Gasteiger partial charge in [0.15, 0.2) is 0 Å². The third-order valence-corrected chi connectivity index (χ3v) is 7.28. The topological polar surface area (TPSA) is 47.9 Å². The first kappa shape index (κ1) is 18.3. The van der Waals surface area contributed by atoms with Gasteiger partial charge in [0.1, 0.15) is 5.84 Å². The molecule has 4 aliphatic rings. The van der Waals surface area contributed by atoms with Gasteiger partial charge in [-0.25, -0.2) is 4.40 Å². The molecule has 2 atom stereocenters. The van der Waals surface area contributed by atoms with E-state index in [1.54, 1.807) is 11.9 Å². The fourth-order valence-electron chi connectivity index (χ4n) is 4.33. The van der Waals surface area contributed by atoms with Crippen molar-refractivity contribution in [1.82, 2.24) is 9.80 Å². The van der Waals surface area contributed by atoms with Crippen molar-refractivity contribution in [3.05, 3.63) is 52.6 Å². The van der Waals surface area contributed by atoms with Gasteiger partial charge in [-0.05, 0) is 35.6 Å². The van der Waals surface area contributed by atoms with Crippen molar-refractivity contribution < 1.29 is 4.79 Å². The highest BCUT2D eigenvalue weighted by molar-refractivity contribution is 7.99. The maximum Gasteiger partial charge on any atom is 0.228 e. The van der Waals surface area contributed by atoms with Gasteiger partial charge in [0.25, 0.3) is 0 Å². The van der Waals surface area contributed by atoms with E-state index in [4.69, 9.17) is 16.0 Å². The largest absolute Gasteiger partial charge is 0.356 e. The quantitative estimate of drug-likeness (QED) is 0.772. The summed E-state index contributed by atoms with van der Waals surface area (Å²) in [7, 11) is 0. The molecule has 3 heterocycles. The zero-order valence-corrected chi connectivity index (χ0v) is 17.2. The number of hydrogen-bond donors (Lipinski definition) is 1. The smallest absolute Gasteiger partial charge is 0.228 e. The lowest BCUT2D eigenvalue weighted by atomic mass is 9.98. The first-order valence-electron chi connectivity index (χ1n) is 9.84. The number of amidine groups is 1. The Morgan fingerprint density at radius 1 is 1.18 bits per heavy atom. The summed E-state index contributed by atoms with van der Waals surface area (Å²) in [6.07, 6.45) is 10.2. The van der Waals surface area contributed by atoms with Crippen LogP contribution in [0.5, 0.6) is 0 Å². The summed E-state index contributed by atoms with van der Waals surface area (Å²) in [5, 5.41) is 4.08. The fraction of sp³-hybridized carbons (Fsp3) is 0.429. The van der Waals surface area contributed by atoms with Gasteiger partial charge in [0.2, 0.25) is 5.91 Å². The summed E-state index contributed by atoms with van der Waals surface area (Å²) in [5.74, 6) is 1.73. The van der Waals surface area contributed by atoms with Gasteiger partial charge < -0.3 is 10.2 Å². The number of carbonyl (C=O) groups excluding carboxylic acids is 1. The number of anilines is 1. The molecule has 0 aromatic heterocycles. The minimum absolute atomic E-state index is 0.0536. The van der Waals surface area contributed by atoms with Crippen LogP contribution in [0.4, 0.5) is 5.69 Å². The second-order valence-corrected chi connectivity index (χ2v) is 9.06. The molecule has 1 aromatic rings. The summed E-state index contributed by atoms with van der Waals surface area (Å²) in [4.78, 5) is 16.5. The van der Waals surface area contributed by atoms with E-state index in [0.29, 0.717) is 17.6 Å². The lowest BCUT2D eigenvalue weighted by molar-refractivity contribution is -0.115. The predicted octanol–water partition coefficient (Wildman–Crippen LogP) is 3.17. The highest BCUT2D eigenvalue weighted by atomic mass is 35.5. The average molecular weight is 415 g/mol. The minimum Gasteiger partial charge on any atom is -0.356 e. The van der Waals surface area contributed by atoms with Crippen LogP contribution in [0.25, 0.3) is 0 Å². The Balaban J connectivity index is 1.16. The number of allylic oxidation sites excluding steroid dienone is 2. The number of carbonyl (C=O) groups is 1.